The Balaban J connectivity index is 1.66. The van der Waals surface area contributed by atoms with Crippen LogP contribution in [-0.2, 0) is 11.2 Å². The van der Waals surface area contributed by atoms with E-state index in [0.29, 0.717) is 6.42 Å². The molecule has 0 fully saturated rings. The van der Waals surface area contributed by atoms with Gasteiger partial charge in [-0.2, -0.15) is 0 Å². The Kier molecular flexibility index (Phi) is 5.30. The molecule has 0 saturated carbocycles. The average molecular weight is 329 g/mol. The Bertz CT molecular complexity index is 810. The van der Waals surface area contributed by atoms with Gasteiger partial charge in [0, 0.05) is 7.05 Å². The molecule has 2 nitrogen and oxygen atoms in total. The van der Waals surface area contributed by atoms with Gasteiger partial charge in [-0.15, -0.1) is 0 Å². The SMILES string of the molecule is C[C@H](c1ccccc1)N(C)C(=O)Cc1ccc(-c2ccccc2)cc1. The normalized spacial score (nSPS) is 11.8. The first-order chi connectivity index (χ1) is 12.1. The summed E-state index contributed by atoms with van der Waals surface area (Å²) < 4.78 is 0. The highest BCUT2D eigenvalue weighted by molar-refractivity contribution is 5.79. The second kappa shape index (κ2) is 7.80. The van der Waals surface area contributed by atoms with Crippen LogP contribution < -0.4 is 0 Å². The van der Waals surface area contributed by atoms with Gasteiger partial charge in [0.1, 0.15) is 0 Å². The van der Waals surface area contributed by atoms with Gasteiger partial charge in [0.2, 0.25) is 5.91 Å². The molecule has 0 aliphatic carbocycles. The van der Waals surface area contributed by atoms with Crippen LogP contribution in [0.2, 0.25) is 0 Å². The summed E-state index contributed by atoms with van der Waals surface area (Å²) in [6.45, 7) is 2.06. The lowest BCUT2D eigenvalue weighted by Crippen LogP contribution is -2.30. The van der Waals surface area contributed by atoms with E-state index in [1.807, 2.05) is 60.5 Å². The lowest BCUT2D eigenvalue weighted by Gasteiger charge is -2.25. The fourth-order valence-electron chi connectivity index (χ4n) is 2.92. The van der Waals surface area contributed by atoms with Gasteiger partial charge in [-0.25, -0.2) is 0 Å². The van der Waals surface area contributed by atoms with Gasteiger partial charge in [0.05, 0.1) is 12.5 Å². The molecule has 3 aromatic rings. The summed E-state index contributed by atoms with van der Waals surface area (Å²) in [7, 11) is 1.87. The molecule has 1 amide bonds. The molecule has 0 aliphatic heterocycles. The second-order valence-electron chi connectivity index (χ2n) is 6.33. The summed E-state index contributed by atoms with van der Waals surface area (Å²) in [4.78, 5) is 14.4. The van der Waals surface area contributed by atoms with E-state index < -0.39 is 0 Å². The summed E-state index contributed by atoms with van der Waals surface area (Å²) in [5.41, 5.74) is 4.55. The first-order valence-electron chi connectivity index (χ1n) is 8.60. The van der Waals surface area contributed by atoms with E-state index in [-0.39, 0.29) is 11.9 Å². The maximum absolute atomic E-state index is 12.6. The molecule has 0 bridgehead atoms. The van der Waals surface area contributed by atoms with E-state index >= 15 is 0 Å². The van der Waals surface area contributed by atoms with Crippen LogP contribution in [0.3, 0.4) is 0 Å². The van der Waals surface area contributed by atoms with Crippen LogP contribution in [0.15, 0.2) is 84.9 Å². The molecule has 3 aromatic carbocycles. The van der Waals surface area contributed by atoms with Gasteiger partial charge in [-0.3, -0.25) is 4.79 Å². The smallest absolute Gasteiger partial charge is 0.227 e. The molecule has 126 valence electrons. The molecule has 1 atom stereocenters. The number of hydrogen-bond acceptors (Lipinski definition) is 1. The third-order valence-electron chi connectivity index (χ3n) is 4.67. The molecule has 0 saturated heterocycles. The van der Waals surface area contributed by atoms with Crippen molar-refractivity contribution >= 4 is 5.91 Å². The van der Waals surface area contributed by atoms with Crippen molar-refractivity contribution in [3.63, 3.8) is 0 Å². The summed E-state index contributed by atoms with van der Waals surface area (Å²) in [6, 6.07) is 28.7. The maximum Gasteiger partial charge on any atom is 0.227 e. The molecule has 0 aliphatic rings. The molecule has 0 spiro atoms. The van der Waals surface area contributed by atoms with E-state index in [1.54, 1.807) is 0 Å². The molecule has 25 heavy (non-hydrogen) atoms. The molecule has 2 heteroatoms. The molecular weight excluding hydrogens is 306 g/mol. The topological polar surface area (TPSA) is 20.3 Å². The fraction of sp³-hybridized carbons (Fsp3) is 0.174. The summed E-state index contributed by atoms with van der Waals surface area (Å²) in [5, 5.41) is 0. The molecule has 0 heterocycles. The van der Waals surface area contributed by atoms with Gasteiger partial charge in [0.25, 0.3) is 0 Å². The van der Waals surface area contributed by atoms with Crippen molar-refractivity contribution in [3.8, 4) is 11.1 Å². The first kappa shape index (κ1) is 17.0. The number of hydrogen-bond donors (Lipinski definition) is 0. The Morgan fingerprint density at radius 1 is 0.800 bits per heavy atom. The van der Waals surface area contributed by atoms with Crippen molar-refractivity contribution in [1.29, 1.82) is 0 Å². The van der Waals surface area contributed by atoms with Crippen molar-refractivity contribution in [2.24, 2.45) is 0 Å². The van der Waals surface area contributed by atoms with Crippen molar-refractivity contribution in [3.05, 3.63) is 96.1 Å². The van der Waals surface area contributed by atoms with Gasteiger partial charge >= 0.3 is 0 Å². The van der Waals surface area contributed by atoms with Crippen LogP contribution in [0.4, 0.5) is 0 Å². The molecule has 3 rings (SSSR count). The lowest BCUT2D eigenvalue weighted by atomic mass is 10.0. The van der Waals surface area contributed by atoms with Crippen LogP contribution in [-0.4, -0.2) is 17.9 Å². The number of amides is 1. The van der Waals surface area contributed by atoms with Crippen LogP contribution in [0, 0.1) is 0 Å². The molecule has 0 aromatic heterocycles. The monoisotopic (exact) mass is 329 g/mol. The zero-order valence-corrected chi connectivity index (χ0v) is 14.7. The fourth-order valence-corrected chi connectivity index (χ4v) is 2.92. The highest BCUT2D eigenvalue weighted by atomic mass is 16.2. The predicted octanol–water partition coefficient (Wildman–Crippen LogP) is 5.12. The minimum absolute atomic E-state index is 0.0669. The predicted molar refractivity (Wildman–Crippen MR) is 103 cm³/mol. The van der Waals surface area contributed by atoms with Crippen molar-refractivity contribution in [2.75, 3.05) is 7.05 Å². The zero-order valence-electron chi connectivity index (χ0n) is 14.7. The Morgan fingerprint density at radius 3 is 1.92 bits per heavy atom. The van der Waals surface area contributed by atoms with E-state index in [9.17, 15) is 4.79 Å². The molecular formula is C23H23NO. The molecule has 0 N–H and O–H groups in total. The Morgan fingerprint density at radius 2 is 1.32 bits per heavy atom. The van der Waals surface area contributed by atoms with Crippen LogP contribution in [0.25, 0.3) is 11.1 Å². The van der Waals surface area contributed by atoms with Gasteiger partial charge in [0.15, 0.2) is 0 Å². The number of likely N-dealkylation sites (N-methyl/N-ethyl adjacent to an activating group) is 1. The van der Waals surface area contributed by atoms with E-state index in [0.717, 1.165) is 11.1 Å². The highest BCUT2D eigenvalue weighted by Crippen LogP contribution is 2.21. The van der Waals surface area contributed by atoms with Crippen molar-refractivity contribution in [1.82, 2.24) is 4.90 Å². The van der Waals surface area contributed by atoms with Crippen molar-refractivity contribution < 1.29 is 4.79 Å². The van der Waals surface area contributed by atoms with Gasteiger partial charge < -0.3 is 4.90 Å². The number of carbonyl (C=O) groups excluding carboxylic acids is 1. The Labute approximate surface area is 149 Å². The largest absolute Gasteiger partial charge is 0.339 e. The second-order valence-corrected chi connectivity index (χ2v) is 6.33. The standard InChI is InChI=1S/C23H23NO/c1-18(20-9-5-3-6-10-20)24(2)23(25)17-19-13-15-22(16-14-19)21-11-7-4-8-12-21/h3-16,18H,17H2,1-2H3/t18-/m1/s1. The van der Waals surface area contributed by atoms with E-state index in [4.69, 9.17) is 0 Å². The highest BCUT2D eigenvalue weighted by Gasteiger charge is 2.17. The quantitative estimate of drug-likeness (QED) is 0.636. The van der Waals surface area contributed by atoms with Gasteiger partial charge in [-0.05, 0) is 29.2 Å². The maximum atomic E-state index is 12.6. The third kappa shape index (κ3) is 4.16. The van der Waals surface area contributed by atoms with Crippen LogP contribution >= 0.6 is 0 Å². The number of carbonyl (C=O) groups is 1. The van der Waals surface area contributed by atoms with Crippen LogP contribution in [0.5, 0.6) is 0 Å². The number of nitrogens with zero attached hydrogens (tertiary/aromatic N) is 1. The van der Waals surface area contributed by atoms with Crippen LogP contribution in [0.1, 0.15) is 24.1 Å². The third-order valence-corrected chi connectivity index (χ3v) is 4.67. The minimum Gasteiger partial charge on any atom is -0.339 e. The average Bonchev–Trinajstić information content (AvgIpc) is 2.68. The first-order valence-corrected chi connectivity index (χ1v) is 8.60. The summed E-state index contributed by atoms with van der Waals surface area (Å²) >= 11 is 0. The number of benzene rings is 3. The van der Waals surface area contributed by atoms with E-state index in [2.05, 4.69) is 43.3 Å². The molecule has 0 radical (unpaired) electrons. The Hall–Kier alpha value is -2.87. The lowest BCUT2D eigenvalue weighted by molar-refractivity contribution is -0.131. The molecule has 0 unspecified atom stereocenters. The van der Waals surface area contributed by atoms with Gasteiger partial charge in [-0.1, -0.05) is 84.9 Å². The van der Waals surface area contributed by atoms with Crippen molar-refractivity contribution in [2.45, 2.75) is 19.4 Å². The minimum atomic E-state index is 0.0669. The summed E-state index contributed by atoms with van der Waals surface area (Å²) in [5.74, 6) is 0.129. The zero-order chi connectivity index (χ0) is 17.6. The number of rotatable bonds is 5. The summed E-state index contributed by atoms with van der Waals surface area (Å²) in [6.07, 6.45) is 0.419. The van der Waals surface area contributed by atoms with E-state index in [1.165, 1.54) is 11.1 Å².